The predicted molar refractivity (Wildman–Crippen MR) is 53.2 cm³/mol. The zero-order valence-electron chi connectivity index (χ0n) is 8.85. The van der Waals surface area contributed by atoms with Crippen molar-refractivity contribution in [2.24, 2.45) is 5.41 Å². The minimum absolute atomic E-state index is 0.251. The Balaban J connectivity index is 3.41. The smallest absolute Gasteiger partial charge is 0.0584 e. The van der Waals surface area contributed by atoms with Crippen LogP contribution in [0.15, 0.2) is 0 Å². The van der Waals surface area contributed by atoms with Gasteiger partial charge in [-0.05, 0) is 24.8 Å². The van der Waals surface area contributed by atoms with E-state index in [9.17, 15) is 0 Å². The molecular weight excluding hydrogens is 150 g/mol. The highest BCUT2D eigenvalue weighted by molar-refractivity contribution is 4.67. The third kappa shape index (κ3) is 6.62. The lowest BCUT2D eigenvalue weighted by Gasteiger charge is -2.20. The van der Waals surface area contributed by atoms with Gasteiger partial charge in [-0.15, -0.1) is 0 Å². The number of hydrogen-bond donors (Lipinski definition) is 2. The Morgan fingerprint density at radius 2 is 1.92 bits per heavy atom. The molecule has 0 aliphatic heterocycles. The van der Waals surface area contributed by atoms with E-state index in [4.69, 9.17) is 5.11 Å². The van der Waals surface area contributed by atoms with E-state index in [0.717, 1.165) is 19.4 Å². The van der Waals surface area contributed by atoms with Gasteiger partial charge in [0.05, 0.1) is 6.61 Å². The largest absolute Gasteiger partial charge is 0.395 e. The Bertz CT molecular complexity index is 103. The van der Waals surface area contributed by atoms with Crippen molar-refractivity contribution in [1.29, 1.82) is 0 Å². The maximum Gasteiger partial charge on any atom is 0.0584 e. The predicted octanol–water partition coefficient (Wildman–Crippen LogP) is 1.78. The van der Waals surface area contributed by atoms with Gasteiger partial charge in [-0.3, -0.25) is 0 Å². The number of aliphatic hydroxyl groups excluding tert-OH is 1. The van der Waals surface area contributed by atoms with Gasteiger partial charge in [0.1, 0.15) is 0 Å². The minimum Gasteiger partial charge on any atom is -0.395 e. The van der Waals surface area contributed by atoms with E-state index in [-0.39, 0.29) is 12.6 Å². The van der Waals surface area contributed by atoms with E-state index in [2.05, 4.69) is 33.0 Å². The molecule has 0 heterocycles. The highest BCUT2D eigenvalue weighted by Gasteiger charge is 2.10. The van der Waals surface area contributed by atoms with Gasteiger partial charge in [0.15, 0.2) is 0 Å². The lowest BCUT2D eigenvalue weighted by atomic mass is 9.92. The maximum atomic E-state index is 8.89. The Hall–Kier alpha value is -0.0800. The first kappa shape index (κ1) is 11.9. The molecule has 0 aromatic rings. The highest BCUT2D eigenvalue weighted by atomic mass is 16.3. The second-order valence-corrected chi connectivity index (χ2v) is 4.55. The van der Waals surface area contributed by atoms with Gasteiger partial charge in [-0.2, -0.15) is 0 Å². The molecule has 1 atom stereocenters. The third-order valence-corrected chi connectivity index (χ3v) is 2.02. The molecule has 0 aromatic carbocycles. The van der Waals surface area contributed by atoms with Crippen LogP contribution in [0.4, 0.5) is 0 Å². The summed E-state index contributed by atoms with van der Waals surface area (Å²) in [6.45, 7) is 10.0. The zero-order chi connectivity index (χ0) is 9.61. The fraction of sp³-hybridized carbons (Fsp3) is 1.00. The Morgan fingerprint density at radius 3 is 2.25 bits per heavy atom. The molecule has 0 aromatic heterocycles. The summed E-state index contributed by atoms with van der Waals surface area (Å²) >= 11 is 0. The standard InChI is InChI=1S/C10H23NO/c1-5-9(8-12)11-7-6-10(2,3)4/h9,11-12H,5-8H2,1-4H3/t9-/m0/s1. The average Bonchev–Trinajstić information content (AvgIpc) is 1.96. The number of rotatable bonds is 5. The van der Waals surface area contributed by atoms with E-state index in [1.807, 2.05) is 0 Å². The molecule has 0 radical (unpaired) electrons. The molecular formula is C10H23NO. The minimum atomic E-state index is 0.251. The second kappa shape index (κ2) is 5.55. The molecule has 2 N–H and O–H groups in total. The fourth-order valence-electron chi connectivity index (χ4n) is 0.989. The van der Waals surface area contributed by atoms with Crippen LogP contribution in [0.5, 0.6) is 0 Å². The van der Waals surface area contributed by atoms with E-state index in [0.29, 0.717) is 5.41 Å². The van der Waals surface area contributed by atoms with E-state index in [1.54, 1.807) is 0 Å². The van der Waals surface area contributed by atoms with Crippen molar-refractivity contribution in [2.45, 2.75) is 46.6 Å². The number of aliphatic hydroxyl groups is 1. The molecule has 74 valence electrons. The van der Waals surface area contributed by atoms with Gasteiger partial charge in [-0.25, -0.2) is 0 Å². The summed E-state index contributed by atoms with van der Waals surface area (Å²) in [5.74, 6) is 0. The molecule has 2 heteroatoms. The van der Waals surface area contributed by atoms with Crippen LogP contribution >= 0.6 is 0 Å². The van der Waals surface area contributed by atoms with Crippen molar-refractivity contribution >= 4 is 0 Å². The molecule has 0 aliphatic carbocycles. The van der Waals surface area contributed by atoms with E-state index in [1.165, 1.54) is 0 Å². The summed E-state index contributed by atoms with van der Waals surface area (Å²) < 4.78 is 0. The van der Waals surface area contributed by atoms with Crippen molar-refractivity contribution in [3.05, 3.63) is 0 Å². The summed E-state index contributed by atoms with van der Waals surface area (Å²) in [6.07, 6.45) is 2.16. The summed E-state index contributed by atoms with van der Waals surface area (Å²) in [5.41, 5.74) is 0.390. The van der Waals surface area contributed by atoms with Crippen molar-refractivity contribution in [2.75, 3.05) is 13.2 Å². The SMILES string of the molecule is CC[C@@H](CO)NCCC(C)(C)C. The van der Waals surface area contributed by atoms with Gasteiger partial charge in [0.2, 0.25) is 0 Å². The van der Waals surface area contributed by atoms with Crippen LogP contribution in [0.2, 0.25) is 0 Å². The van der Waals surface area contributed by atoms with Crippen LogP contribution in [0, 0.1) is 5.41 Å². The van der Waals surface area contributed by atoms with Gasteiger partial charge in [-0.1, -0.05) is 27.7 Å². The first-order valence-electron chi connectivity index (χ1n) is 4.84. The van der Waals surface area contributed by atoms with Crippen molar-refractivity contribution in [3.63, 3.8) is 0 Å². The van der Waals surface area contributed by atoms with Gasteiger partial charge >= 0.3 is 0 Å². The van der Waals surface area contributed by atoms with Crippen LogP contribution in [0.3, 0.4) is 0 Å². The Labute approximate surface area is 76.4 Å². The van der Waals surface area contributed by atoms with Gasteiger partial charge < -0.3 is 10.4 Å². The quantitative estimate of drug-likeness (QED) is 0.664. The molecule has 0 rings (SSSR count). The normalized spacial score (nSPS) is 14.8. The zero-order valence-corrected chi connectivity index (χ0v) is 8.85. The monoisotopic (exact) mass is 173 g/mol. The van der Waals surface area contributed by atoms with Crippen LogP contribution in [-0.2, 0) is 0 Å². The lowest BCUT2D eigenvalue weighted by molar-refractivity contribution is 0.232. The first-order chi connectivity index (χ1) is 5.49. The Kier molecular flexibility index (Phi) is 5.51. The second-order valence-electron chi connectivity index (χ2n) is 4.55. The van der Waals surface area contributed by atoms with Crippen LogP contribution in [-0.4, -0.2) is 24.3 Å². The van der Waals surface area contributed by atoms with Gasteiger partial charge in [0, 0.05) is 6.04 Å². The molecule has 0 spiro atoms. The highest BCUT2D eigenvalue weighted by Crippen LogP contribution is 2.17. The van der Waals surface area contributed by atoms with Crippen molar-refractivity contribution in [1.82, 2.24) is 5.32 Å². The third-order valence-electron chi connectivity index (χ3n) is 2.02. The lowest BCUT2D eigenvalue weighted by Crippen LogP contribution is -2.33. The van der Waals surface area contributed by atoms with Crippen LogP contribution in [0.25, 0.3) is 0 Å². The molecule has 0 fully saturated rings. The summed E-state index contributed by atoms with van der Waals surface area (Å²) in [4.78, 5) is 0. The molecule has 0 saturated carbocycles. The van der Waals surface area contributed by atoms with Crippen molar-refractivity contribution in [3.8, 4) is 0 Å². The molecule has 0 saturated heterocycles. The molecule has 0 aliphatic rings. The van der Waals surface area contributed by atoms with E-state index >= 15 is 0 Å². The molecule has 2 nitrogen and oxygen atoms in total. The molecule has 0 bridgehead atoms. The summed E-state index contributed by atoms with van der Waals surface area (Å²) in [6, 6.07) is 0.285. The summed E-state index contributed by atoms with van der Waals surface area (Å²) in [5, 5.41) is 12.2. The average molecular weight is 173 g/mol. The van der Waals surface area contributed by atoms with E-state index < -0.39 is 0 Å². The fourth-order valence-corrected chi connectivity index (χ4v) is 0.989. The van der Waals surface area contributed by atoms with Crippen LogP contribution in [0.1, 0.15) is 40.5 Å². The number of nitrogens with one attached hydrogen (secondary N) is 1. The maximum absolute atomic E-state index is 8.89. The topological polar surface area (TPSA) is 32.3 Å². The summed E-state index contributed by atoms with van der Waals surface area (Å²) in [7, 11) is 0. The Morgan fingerprint density at radius 1 is 1.33 bits per heavy atom. The van der Waals surface area contributed by atoms with Crippen molar-refractivity contribution < 1.29 is 5.11 Å². The first-order valence-corrected chi connectivity index (χ1v) is 4.84. The van der Waals surface area contributed by atoms with Crippen LogP contribution < -0.4 is 5.32 Å². The molecule has 0 unspecified atom stereocenters. The number of hydrogen-bond acceptors (Lipinski definition) is 2. The molecule has 12 heavy (non-hydrogen) atoms. The van der Waals surface area contributed by atoms with Gasteiger partial charge in [0.25, 0.3) is 0 Å². The molecule has 0 amide bonds.